The number of hydrogen-bond acceptors (Lipinski definition) is 2. The fraction of sp³-hybridized carbons (Fsp3) is 0.600. The molecule has 0 amide bonds. The monoisotopic (exact) mass is 253 g/mol. The van der Waals surface area contributed by atoms with E-state index in [4.69, 9.17) is 4.74 Å². The zero-order valence-electron chi connectivity index (χ0n) is 12.2. The third-order valence-electron chi connectivity index (χ3n) is 2.24. The predicted octanol–water partition coefficient (Wildman–Crippen LogP) is 3.89. The van der Waals surface area contributed by atoms with Gasteiger partial charge in [-0.2, -0.15) is 0 Å². The van der Waals surface area contributed by atoms with Crippen molar-refractivity contribution in [2.24, 2.45) is 0 Å². The maximum Gasteiger partial charge on any atom is 0.165 e. The second kappa shape index (κ2) is 5.27. The highest BCUT2D eigenvalue weighted by Gasteiger charge is 2.15. The molecule has 1 N–H and O–H groups in total. The zero-order chi connectivity index (χ0) is 14.0. The normalized spacial score (nSPS) is 12.6. The highest BCUT2D eigenvalue weighted by molar-refractivity contribution is 5.29. The summed E-state index contributed by atoms with van der Waals surface area (Å²) in [6.45, 7) is 12.6. The van der Waals surface area contributed by atoms with Crippen molar-refractivity contribution >= 4 is 0 Å². The number of hydrogen-bond donors (Lipinski definition) is 1. The van der Waals surface area contributed by atoms with Crippen molar-refractivity contribution in [1.29, 1.82) is 0 Å². The number of ether oxygens (including phenoxy) is 1. The van der Waals surface area contributed by atoms with Crippen LogP contribution < -0.4 is 10.1 Å². The van der Waals surface area contributed by atoms with Crippen LogP contribution in [0.25, 0.3) is 0 Å². The molecule has 102 valence electrons. The number of benzene rings is 1. The summed E-state index contributed by atoms with van der Waals surface area (Å²) in [6.07, 6.45) is 0. The van der Waals surface area contributed by atoms with Gasteiger partial charge in [0, 0.05) is 12.1 Å². The molecule has 1 aromatic rings. The van der Waals surface area contributed by atoms with E-state index in [0.29, 0.717) is 12.3 Å². The van der Waals surface area contributed by atoms with E-state index in [1.807, 2.05) is 26.8 Å². The van der Waals surface area contributed by atoms with Crippen molar-refractivity contribution in [1.82, 2.24) is 5.32 Å². The quantitative estimate of drug-likeness (QED) is 0.882. The molecule has 0 bridgehead atoms. The first-order valence-electron chi connectivity index (χ1n) is 6.29. The highest BCUT2D eigenvalue weighted by Crippen LogP contribution is 2.23. The van der Waals surface area contributed by atoms with E-state index in [-0.39, 0.29) is 17.0 Å². The second-order valence-corrected chi connectivity index (χ2v) is 6.58. The zero-order valence-corrected chi connectivity index (χ0v) is 12.2. The first kappa shape index (κ1) is 15.0. The molecule has 0 radical (unpaired) electrons. The van der Waals surface area contributed by atoms with Crippen LogP contribution in [0.4, 0.5) is 4.39 Å². The number of nitrogens with one attached hydrogen (secondary N) is 1. The third kappa shape index (κ3) is 5.50. The molecule has 18 heavy (non-hydrogen) atoms. The number of halogens is 1. The first-order chi connectivity index (χ1) is 8.07. The van der Waals surface area contributed by atoms with Gasteiger partial charge in [-0.15, -0.1) is 0 Å². The minimum absolute atomic E-state index is 0.0249. The van der Waals surface area contributed by atoms with Crippen LogP contribution in [-0.2, 0) is 6.54 Å². The molecule has 0 spiro atoms. The van der Waals surface area contributed by atoms with E-state index in [0.717, 1.165) is 5.56 Å². The Bertz CT molecular complexity index is 402. The first-order valence-corrected chi connectivity index (χ1v) is 6.29. The van der Waals surface area contributed by atoms with E-state index in [2.05, 4.69) is 26.1 Å². The molecule has 0 fully saturated rings. The van der Waals surface area contributed by atoms with E-state index in [9.17, 15) is 4.39 Å². The van der Waals surface area contributed by atoms with E-state index in [1.54, 1.807) is 6.07 Å². The van der Waals surface area contributed by atoms with Gasteiger partial charge in [0.2, 0.25) is 0 Å². The van der Waals surface area contributed by atoms with Gasteiger partial charge >= 0.3 is 0 Å². The van der Waals surface area contributed by atoms with Gasteiger partial charge in [0.25, 0.3) is 0 Å². The molecular weight excluding hydrogens is 229 g/mol. The fourth-order valence-corrected chi connectivity index (χ4v) is 1.43. The van der Waals surface area contributed by atoms with Crippen LogP contribution in [0.15, 0.2) is 18.2 Å². The van der Waals surface area contributed by atoms with E-state index >= 15 is 0 Å². The summed E-state index contributed by atoms with van der Waals surface area (Å²) >= 11 is 0. The minimum atomic E-state index is -0.383. The molecule has 0 aliphatic rings. The molecule has 0 atom stereocenters. The third-order valence-corrected chi connectivity index (χ3v) is 2.24. The topological polar surface area (TPSA) is 21.3 Å². The Kier molecular flexibility index (Phi) is 4.38. The summed E-state index contributed by atoms with van der Waals surface area (Å²) in [4.78, 5) is 0. The standard InChI is InChI=1S/C15H24FNO/c1-14(2,3)17-10-11-7-8-13(12(16)9-11)18-15(4,5)6/h7-9,17H,10H2,1-6H3. The fourth-order valence-electron chi connectivity index (χ4n) is 1.43. The maximum absolute atomic E-state index is 13.8. The molecule has 3 heteroatoms. The van der Waals surface area contributed by atoms with Crippen LogP contribution in [0.3, 0.4) is 0 Å². The largest absolute Gasteiger partial charge is 0.485 e. The highest BCUT2D eigenvalue weighted by atomic mass is 19.1. The molecule has 0 saturated carbocycles. The van der Waals surface area contributed by atoms with Gasteiger partial charge in [-0.05, 0) is 59.2 Å². The van der Waals surface area contributed by atoms with Crippen LogP contribution in [0, 0.1) is 5.82 Å². The SMILES string of the molecule is CC(C)(C)NCc1ccc(OC(C)(C)C)c(F)c1. The van der Waals surface area contributed by atoms with E-state index < -0.39 is 0 Å². The maximum atomic E-state index is 13.8. The lowest BCUT2D eigenvalue weighted by molar-refractivity contribution is 0.124. The molecule has 1 rings (SSSR count). The molecule has 0 unspecified atom stereocenters. The van der Waals surface area contributed by atoms with Crippen LogP contribution >= 0.6 is 0 Å². The Hall–Kier alpha value is -1.09. The Morgan fingerprint density at radius 1 is 1.11 bits per heavy atom. The van der Waals surface area contributed by atoms with Gasteiger partial charge in [-0.3, -0.25) is 0 Å². The predicted molar refractivity (Wildman–Crippen MR) is 73.4 cm³/mol. The molecular formula is C15H24FNO. The lowest BCUT2D eigenvalue weighted by Crippen LogP contribution is -2.35. The van der Waals surface area contributed by atoms with Crippen molar-refractivity contribution in [3.05, 3.63) is 29.6 Å². The van der Waals surface area contributed by atoms with Crippen molar-refractivity contribution in [3.63, 3.8) is 0 Å². The van der Waals surface area contributed by atoms with E-state index in [1.165, 1.54) is 6.07 Å². The van der Waals surface area contributed by atoms with Crippen molar-refractivity contribution < 1.29 is 9.13 Å². The summed E-state index contributed by atoms with van der Waals surface area (Å²) in [6, 6.07) is 5.11. The molecule has 0 aliphatic carbocycles. The lowest BCUT2D eigenvalue weighted by atomic mass is 10.1. The smallest absolute Gasteiger partial charge is 0.165 e. The number of rotatable bonds is 3. The van der Waals surface area contributed by atoms with Crippen molar-refractivity contribution in [3.8, 4) is 5.75 Å². The summed E-state index contributed by atoms with van der Waals surface area (Å²) in [5.41, 5.74) is 0.562. The Balaban J connectivity index is 2.74. The molecule has 0 heterocycles. The lowest BCUT2D eigenvalue weighted by Gasteiger charge is -2.23. The summed E-state index contributed by atoms with van der Waals surface area (Å²) in [5.74, 6) is 0.000132. The van der Waals surface area contributed by atoms with Crippen molar-refractivity contribution in [2.75, 3.05) is 0 Å². The Morgan fingerprint density at radius 3 is 2.17 bits per heavy atom. The van der Waals surface area contributed by atoms with Gasteiger partial charge in [-0.25, -0.2) is 4.39 Å². The van der Waals surface area contributed by atoms with Gasteiger partial charge < -0.3 is 10.1 Å². The second-order valence-electron chi connectivity index (χ2n) is 6.58. The van der Waals surface area contributed by atoms with Crippen LogP contribution in [0.5, 0.6) is 5.75 Å². The molecule has 1 aromatic carbocycles. The average molecular weight is 253 g/mol. The van der Waals surface area contributed by atoms with Crippen LogP contribution in [0.1, 0.15) is 47.1 Å². The van der Waals surface area contributed by atoms with Gasteiger partial charge in [0.1, 0.15) is 5.60 Å². The Labute approximate surface area is 110 Å². The summed E-state index contributed by atoms with van der Waals surface area (Å²) < 4.78 is 19.4. The Morgan fingerprint density at radius 2 is 1.72 bits per heavy atom. The summed E-state index contributed by atoms with van der Waals surface area (Å²) in [5, 5.41) is 3.33. The van der Waals surface area contributed by atoms with Crippen LogP contribution in [-0.4, -0.2) is 11.1 Å². The molecule has 0 aliphatic heterocycles. The average Bonchev–Trinajstić information content (AvgIpc) is 2.15. The summed E-state index contributed by atoms with van der Waals surface area (Å²) in [7, 11) is 0. The molecule has 0 aromatic heterocycles. The van der Waals surface area contributed by atoms with Crippen LogP contribution in [0.2, 0.25) is 0 Å². The van der Waals surface area contributed by atoms with Gasteiger partial charge in [0.15, 0.2) is 11.6 Å². The molecule has 2 nitrogen and oxygen atoms in total. The van der Waals surface area contributed by atoms with Gasteiger partial charge in [0.05, 0.1) is 0 Å². The van der Waals surface area contributed by atoms with Crippen molar-refractivity contribution in [2.45, 2.75) is 59.2 Å². The van der Waals surface area contributed by atoms with Gasteiger partial charge in [-0.1, -0.05) is 6.07 Å². The minimum Gasteiger partial charge on any atom is -0.485 e. The molecule has 0 saturated heterocycles.